The molecule has 0 aromatic heterocycles. The summed E-state index contributed by atoms with van der Waals surface area (Å²) < 4.78 is 5.43. The highest BCUT2D eigenvalue weighted by molar-refractivity contribution is 4.91. The van der Waals surface area contributed by atoms with E-state index in [1.807, 2.05) is 6.92 Å². The highest BCUT2D eigenvalue weighted by Gasteiger charge is 2.17. The lowest BCUT2D eigenvalue weighted by atomic mass is 9.99. The van der Waals surface area contributed by atoms with Crippen LogP contribution in [0.4, 0.5) is 0 Å². The van der Waals surface area contributed by atoms with Crippen LogP contribution in [0.1, 0.15) is 26.7 Å². The van der Waals surface area contributed by atoms with E-state index in [9.17, 15) is 0 Å². The van der Waals surface area contributed by atoms with Crippen molar-refractivity contribution in [3.8, 4) is 0 Å². The Morgan fingerprint density at radius 2 is 2.15 bits per heavy atom. The van der Waals surface area contributed by atoms with Gasteiger partial charge in [0.25, 0.3) is 0 Å². The number of hydrogen-bond acceptors (Lipinski definition) is 2. The second kappa shape index (κ2) is 4.98. The minimum Gasteiger partial charge on any atom is -0.474 e. The number of ether oxygens (including phenoxy) is 1. The molecule has 0 bridgehead atoms. The van der Waals surface area contributed by atoms with Crippen molar-refractivity contribution >= 4 is 0 Å². The first-order valence-electron chi connectivity index (χ1n) is 5.05. The third-order valence-corrected chi connectivity index (χ3v) is 2.50. The lowest BCUT2D eigenvalue weighted by molar-refractivity contribution is 0.0973. The number of nitrogens with zero attached hydrogens (tertiary/aromatic N) is 1. The molecule has 1 rings (SSSR count). The largest absolute Gasteiger partial charge is 0.474 e. The van der Waals surface area contributed by atoms with Gasteiger partial charge in [0.1, 0.15) is 0 Å². The van der Waals surface area contributed by atoms with E-state index < -0.39 is 0 Å². The van der Waals surface area contributed by atoms with Gasteiger partial charge in [-0.15, -0.1) is 0 Å². The van der Waals surface area contributed by atoms with E-state index in [0.717, 1.165) is 24.9 Å². The van der Waals surface area contributed by atoms with Crippen molar-refractivity contribution in [1.82, 2.24) is 4.90 Å². The summed E-state index contributed by atoms with van der Waals surface area (Å²) in [6, 6.07) is 0. The van der Waals surface area contributed by atoms with Crippen LogP contribution in [0, 0.1) is 5.92 Å². The fourth-order valence-corrected chi connectivity index (χ4v) is 1.60. The molecular weight excluding hydrogens is 162 g/mol. The molecule has 0 aromatic carbocycles. The zero-order chi connectivity index (χ0) is 9.68. The number of rotatable bonds is 3. The fourth-order valence-electron chi connectivity index (χ4n) is 1.60. The van der Waals surface area contributed by atoms with Crippen LogP contribution in [0.2, 0.25) is 0 Å². The monoisotopic (exact) mass is 181 g/mol. The van der Waals surface area contributed by atoms with Crippen LogP contribution in [0.25, 0.3) is 0 Å². The van der Waals surface area contributed by atoms with Crippen molar-refractivity contribution in [3.05, 3.63) is 18.2 Å². The molecule has 0 radical (unpaired) electrons. The summed E-state index contributed by atoms with van der Waals surface area (Å²) in [5.74, 6) is 1.68. The second-order valence-corrected chi connectivity index (χ2v) is 3.58. The van der Waals surface area contributed by atoms with Crippen molar-refractivity contribution in [1.29, 1.82) is 0 Å². The Morgan fingerprint density at radius 1 is 1.54 bits per heavy atom. The van der Waals surface area contributed by atoms with Crippen molar-refractivity contribution in [2.45, 2.75) is 26.7 Å². The molecule has 1 aliphatic heterocycles. The van der Waals surface area contributed by atoms with Crippen LogP contribution in [0.15, 0.2) is 18.2 Å². The normalized spacial score (nSPS) is 18.2. The quantitative estimate of drug-likeness (QED) is 0.489. The van der Waals surface area contributed by atoms with E-state index in [1.54, 1.807) is 0 Å². The molecule has 0 amide bonds. The zero-order valence-electron chi connectivity index (χ0n) is 8.68. The first kappa shape index (κ1) is 10.2. The summed E-state index contributed by atoms with van der Waals surface area (Å²) in [7, 11) is 0. The van der Waals surface area contributed by atoms with Crippen LogP contribution in [0.3, 0.4) is 0 Å². The third kappa shape index (κ3) is 2.82. The Bertz CT molecular complexity index is 198. The fraction of sp³-hybridized carbons (Fsp3) is 0.727. The second-order valence-electron chi connectivity index (χ2n) is 3.58. The maximum absolute atomic E-state index is 5.43. The maximum atomic E-state index is 5.43. The summed E-state index contributed by atoms with van der Waals surface area (Å²) in [6.45, 7) is 10.8. The third-order valence-electron chi connectivity index (χ3n) is 2.50. The summed E-state index contributed by atoms with van der Waals surface area (Å²) in [5.41, 5.74) is 2.86. The van der Waals surface area contributed by atoms with E-state index in [1.165, 1.54) is 12.8 Å². The topological polar surface area (TPSA) is 12.5 Å². The van der Waals surface area contributed by atoms with Crippen molar-refractivity contribution < 1.29 is 4.74 Å². The van der Waals surface area contributed by atoms with Crippen LogP contribution < -0.4 is 0 Å². The number of hydrogen-bond donors (Lipinski definition) is 0. The van der Waals surface area contributed by atoms with Gasteiger partial charge in [-0.25, -0.2) is 0 Å². The van der Waals surface area contributed by atoms with E-state index in [-0.39, 0.29) is 0 Å². The Hall–Kier alpha value is -0.880. The molecule has 2 nitrogen and oxygen atoms in total. The minimum atomic E-state index is 0.698. The smallest absolute Gasteiger partial charge is 0.235 e. The minimum absolute atomic E-state index is 0.698. The predicted molar refractivity (Wildman–Crippen MR) is 54.3 cm³/mol. The molecule has 0 atom stereocenters. The van der Waals surface area contributed by atoms with Gasteiger partial charge >= 0.3 is 0 Å². The van der Waals surface area contributed by atoms with Crippen LogP contribution >= 0.6 is 0 Å². The molecule has 0 saturated carbocycles. The average molecular weight is 181 g/mol. The molecule has 0 unspecified atom stereocenters. The van der Waals surface area contributed by atoms with E-state index >= 15 is 0 Å². The molecule has 0 aromatic rings. The molecular formula is C11H19NO. The molecule has 1 aliphatic rings. The van der Waals surface area contributed by atoms with Gasteiger partial charge in [-0.3, -0.25) is 0 Å². The van der Waals surface area contributed by atoms with Gasteiger partial charge in [0.2, 0.25) is 5.88 Å². The van der Waals surface area contributed by atoms with Crippen LogP contribution in [-0.2, 0) is 4.74 Å². The van der Waals surface area contributed by atoms with Gasteiger partial charge < -0.3 is 9.64 Å². The number of likely N-dealkylation sites (tertiary alicyclic amines) is 1. The lowest BCUT2D eigenvalue weighted by Crippen LogP contribution is -2.32. The molecule has 0 aliphatic carbocycles. The molecule has 0 spiro atoms. The van der Waals surface area contributed by atoms with Gasteiger partial charge in [0.15, 0.2) is 0 Å². The Morgan fingerprint density at radius 3 is 2.62 bits per heavy atom. The van der Waals surface area contributed by atoms with E-state index in [2.05, 4.69) is 24.1 Å². The first-order valence-corrected chi connectivity index (χ1v) is 5.05. The van der Waals surface area contributed by atoms with Gasteiger partial charge in [-0.2, -0.15) is 0 Å². The molecule has 1 saturated heterocycles. The molecule has 2 heteroatoms. The van der Waals surface area contributed by atoms with Gasteiger partial charge in [-0.1, -0.05) is 19.2 Å². The highest BCUT2D eigenvalue weighted by Crippen LogP contribution is 2.19. The lowest BCUT2D eigenvalue weighted by Gasteiger charge is -2.31. The van der Waals surface area contributed by atoms with E-state index in [0.29, 0.717) is 6.61 Å². The van der Waals surface area contributed by atoms with Gasteiger partial charge in [0.05, 0.1) is 6.61 Å². The van der Waals surface area contributed by atoms with Crippen LogP contribution in [-0.4, -0.2) is 24.6 Å². The summed E-state index contributed by atoms with van der Waals surface area (Å²) in [6.07, 6.45) is 2.50. The standard InChI is InChI=1S/C11H19NO/c1-4-11(13-5-2)12-8-6-10(3)7-9-12/h10H,1,5-9H2,2-3H3. The SMILES string of the molecule is C=C=C(OCC)N1CCC(C)CC1. The summed E-state index contributed by atoms with van der Waals surface area (Å²) >= 11 is 0. The van der Waals surface area contributed by atoms with Crippen LogP contribution in [0.5, 0.6) is 0 Å². The van der Waals surface area contributed by atoms with E-state index in [4.69, 9.17) is 4.74 Å². The molecule has 0 N–H and O–H groups in total. The Kier molecular flexibility index (Phi) is 3.91. The maximum Gasteiger partial charge on any atom is 0.235 e. The predicted octanol–water partition coefficient (Wildman–Crippen LogP) is 2.38. The van der Waals surface area contributed by atoms with Crippen molar-refractivity contribution in [2.75, 3.05) is 19.7 Å². The Balaban J connectivity index is 2.47. The molecule has 1 fully saturated rings. The molecule has 1 heterocycles. The Labute approximate surface area is 80.9 Å². The molecule has 13 heavy (non-hydrogen) atoms. The zero-order valence-corrected chi connectivity index (χ0v) is 8.68. The first-order chi connectivity index (χ1) is 6.27. The highest BCUT2D eigenvalue weighted by atomic mass is 16.5. The molecule has 74 valence electrons. The summed E-state index contributed by atoms with van der Waals surface area (Å²) in [5, 5.41) is 0. The number of piperidine rings is 1. The van der Waals surface area contributed by atoms with Crippen molar-refractivity contribution in [3.63, 3.8) is 0 Å². The van der Waals surface area contributed by atoms with Crippen molar-refractivity contribution in [2.24, 2.45) is 5.92 Å². The van der Waals surface area contributed by atoms with Gasteiger partial charge in [0, 0.05) is 13.1 Å². The average Bonchev–Trinajstić information content (AvgIpc) is 2.16. The summed E-state index contributed by atoms with van der Waals surface area (Å²) in [4.78, 5) is 2.23. The van der Waals surface area contributed by atoms with Gasteiger partial charge in [-0.05, 0) is 25.7 Å².